The minimum Gasteiger partial charge on any atom is -0.411 e. The van der Waals surface area contributed by atoms with E-state index in [9.17, 15) is 9.67 Å². The van der Waals surface area contributed by atoms with Crippen molar-refractivity contribution in [3.8, 4) is 0 Å². The molecule has 2 N–H and O–H groups in total. The normalized spacial score (nSPS) is 25.8. The van der Waals surface area contributed by atoms with E-state index >= 15 is 0 Å². The Labute approximate surface area is 113 Å². The van der Waals surface area contributed by atoms with Crippen LogP contribution < -0.4 is 0 Å². The molecular weight excluding hydrogens is 271 g/mol. The zero-order valence-electron chi connectivity index (χ0n) is 11.7. The summed E-state index contributed by atoms with van der Waals surface area (Å²) in [5, 5.41) is 17.7. The van der Waals surface area contributed by atoms with Gasteiger partial charge in [-0.25, -0.2) is 0 Å². The van der Waals surface area contributed by atoms with Gasteiger partial charge in [-0.2, -0.15) is 0 Å². The molecule has 0 aromatic heterocycles. The molecule has 0 aliphatic carbocycles. The van der Waals surface area contributed by atoms with Gasteiger partial charge in [-0.1, -0.05) is 0 Å². The van der Waals surface area contributed by atoms with Crippen molar-refractivity contribution in [3.05, 3.63) is 0 Å². The number of nitrogens with zero attached hydrogens (tertiary/aromatic N) is 2. The van der Waals surface area contributed by atoms with Crippen LogP contribution in [0.4, 0.5) is 0 Å². The van der Waals surface area contributed by atoms with Crippen LogP contribution >= 0.6 is 7.60 Å². The average Bonchev–Trinajstić information content (AvgIpc) is 2.74. The fourth-order valence-electron chi connectivity index (χ4n) is 1.87. The molecule has 0 bridgehead atoms. The molecule has 8 heteroatoms. The maximum Gasteiger partial charge on any atom is 0.358 e. The topological polar surface area (TPSA) is 101 Å². The van der Waals surface area contributed by atoms with Gasteiger partial charge >= 0.3 is 7.60 Å². The molecule has 1 aliphatic heterocycles. The molecule has 1 heterocycles. The molecule has 19 heavy (non-hydrogen) atoms. The molecule has 0 saturated heterocycles. The molecule has 7 nitrogen and oxygen atoms in total. The molecule has 2 atom stereocenters. The van der Waals surface area contributed by atoms with Crippen molar-refractivity contribution in [3.63, 3.8) is 0 Å². The summed E-state index contributed by atoms with van der Waals surface area (Å²) in [6.45, 7) is 8.47. The van der Waals surface area contributed by atoms with E-state index in [1.807, 2.05) is 0 Å². The lowest BCUT2D eigenvalue weighted by Crippen LogP contribution is -2.33. The number of hydrogen-bond donors (Lipinski definition) is 2. The molecule has 0 spiro atoms. The van der Waals surface area contributed by atoms with E-state index in [4.69, 9.17) is 14.3 Å². The van der Waals surface area contributed by atoms with Gasteiger partial charge in [0.05, 0.1) is 13.2 Å². The smallest absolute Gasteiger partial charge is 0.358 e. The van der Waals surface area contributed by atoms with Gasteiger partial charge in [-0.3, -0.25) is 9.56 Å². The molecule has 1 aliphatic rings. The van der Waals surface area contributed by atoms with Crippen molar-refractivity contribution >= 4 is 20.5 Å². The predicted octanol–water partition coefficient (Wildman–Crippen LogP) is 2.13. The highest BCUT2D eigenvalue weighted by atomic mass is 31.2. The molecule has 1 rings (SSSR count). The first-order valence-corrected chi connectivity index (χ1v) is 7.63. The van der Waals surface area contributed by atoms with E-state index in [1.165, 1.54) is 0 Å². The first-order valence-electron chi connectivity index (χ1n) is 6.09. The maximum atomic E-state index is 12.6. The maximum absolute atomic E-state index is 12.6. The molecule has 0 aromatic rings. The third-order valence-electron chi connectivity index (χ3n) is 2.89. The predicted molar refractivity (Wildman–Crippen MR) is 74.3 cm³/mol. The minimum absolute atomic E-state index is 0.0688. The van der Waals surface area contributed by atoms with Crippen molar-refractivity contribution < 1.29 is 23.9 Å². The highest BCUT2D eigenvalue weighted by Gasteiger charge is 2.53. The third kappa shape index (κ3) is 4.11. The molecule has 0 saturated carbocycles. The Kier molecular flexibility index (Phi) is 8.09. The SMILES string of the molecule is C=NO.CCOP(=O)(OCC)C1(C)N=CCC1CO. The van der Waals surface area contributed by atoms with Crippen LogP contribution in [0, 0.1) is 5.92 Å². The molecule has 0 aromatic carbocycles. The van der Waals surface area contributed by atoms with E-state index in [0.717, 1.165) is 0 Å². The summed E-state index contributed by atoms with van der Waals surface area (Å²) in [6.07, 6.45) is 2.29. The van der Waals surface area contributed by atoms with Crippen molar-refractivity contribution in [2.75, 3.05) is 19.8 Å². The summed E-state index contributed by atoms with van der Waals surface area (Å²) in [5.74, 6) is -0.198. The van der Waals surface area contributed by atoms with Crippen LogP contribution in [-0.4, -0.2) is 48.3 Å². The van der Waals surface area contributed by atoms with Crippen molar-refractivity contribution in [2.45, 2.75) is 32.5 Å². The second-order valence-corrected chi connectivity index (χ2v) is 6.41. The molecule has 112 valence electrons. The Hall–Kier alpha value is -0.750. The fraction of sp³-hybridized carbons (Fsp3) is 0.818. The van der Waals surface area contributed by atoms with Crippen LogP contribution in [0.3, 0.4) is 0 Å². The van der Waals surface area contributed by atoms with Gasteiger partial charge < -0.3 is 19.4 Å². The van der Waals surface area contributed by atoms with Crippen LogP contribution in [0.1, 0.15) is 27.2 Å². The number of hydrogen-bond acceptors (Lipinski definition) is 7. The fourth-order valence-corrected chi connectivity index (χ4v) is 4.01. The lowest BCUT2D eigenvalue weighted by atomic mass is 10.0. The van der Waals surface area contributed by atoms with Crippen molar-refractivity contribution in [1.29, 1.82) is 0 Å². The van der Waals surface area contributed by atoms with Gasteiger partial charge in [0.15, 0.2) is 5.28 Å². The van der Waals surface area contributed by atoms with Crippen molar-refractivity contribution in [2.24, 2.45) is 16.1 Å². The monoisotopic (exact) mass is 294 g/mol. The van der Waals surface area contributed by atoms with E-state index in [0.29, 0.717) is 19.6 Å². The number of aliphatic imine (C=N–C) groups is 1. The second-order valence-electron chi connectivity index (χ2n) is 4.00. The standard InChI is InChI=1S/C10H20NO4P.CH3NO/c1-4-14-16(13,15-5-2)10(3)9(8-12)6-7-11-10;1-2-3/h7,9,12H,4-6,8H2,1-3H3;3H,1H2. The zero-order chi connectivity index (χ0) is 14.9. The van der Waals surface area contributed by atoms with E-state index < -0.39 is 12.9 Å². The van der Waals surface area contributed by atoms with Gasteiger partial charge in [-0.15, -0.1) is 5.16 Å². The largest absolute Gasteiger partial charge is 0.411 e. The molecule has 0 radical (unpaired) electrons. The minimum atomic E-state index is -3.31. The second kappa shape index (κ2) is 8.43. The first kappa shape index (κ1) is 18.2. The van der Waals surface area contributed by atoms with Gasteiger partial charge in [0.2, 0.25) is 0 Å². The van der Waals surface area contributed by atoms with Crippen LogP contribution in [0.5, 0.6) is 0 Å². The number of aliphatic hydroxyl groups is 1. The van der Waals surface area contributed by atoms with Crippen LogP contribution in [0.15, 0.2) is 10.1 Å². The van der Waals surface area contributed by atoms with E-state index in [1.54, 1.807) is 27.0 Å². The summed E-state index contributed by atoms with van der Waals surface area (Å²) in [4.78, 5) is 4.23. The van der Waals surface area contributed by atoms with E-state index in [-0.39, 0.29) is 12.5 Å². The van der Waals surface area contributed by atoms with Gasteiger partial charge in [-0.05, 0) is 27.2 Å². The Bertz CT molecular complexity index is 340. The summed E-state index contributed by atoms with van der Waals surface area (Å²) >= 11 is 0. The highest BCUT2D eigenvalue weighted by molar-refractivity contribution is 7.55. The van der Waals surface area contributed by atoms with Gasteiger partial charge in [0.1, 0.15) is 0 Å². The number of rotatable bonds is 6. The summed E-state index contributed by atoms with van der Waals surface area (Å²) in [6, 6.07) is 0. The molecular formula is C11H23N2O5P. The third-order valence-corrected chi connectivity index (χ3v) is 5.67. The summed E-state index contributed by atoms with van der Waals surface area (Å²) in [7, 11) is -3.31. The van der Waals surface area contributed by atoms with E-state index in [2.05, 4.69) is 16.9 Å². The Morgan fingerprint density at radius 3 is 2.37 bits per heavy atom. The molecule has 0 amide bonds. The zero-order valence-corrected chi connectivity index (χ0v) is 12.5. The van der Waals surface area contributed by atoms with Crippen molar-refractivity contribution in [1.82, 2.24) is 0 Å². The first-order chi connectivity index (χ1) is 8.95. The Balaban J connectivity index is 0.000000982. The quantitative estimate of drug-likeness (QED) is 0.338. The lowest BCUT2D eigenvalue weighted by molar-refractivity contribution is 0.157. The highest BCUT2D eigenvalue weighted by Crippen LogP contribution is 2.65. The Morgan fingerprint density at radius 1 is 1.53 bits per heavy atom. The van der Waals surface area contributed by atoms with Gasteiger partial charge in [0.25, 0.3) is 0 Å². The summed E-state index contributed by atoms with van der Waals surface area (Å²) in [5.41, 5.74) is 0. The number of oxime groups is 1. The van der Waals surface area contributed by atoms with Gasteiger partial charge in [0, 0.05) is 25.5 Å². The summed E-state index contributed by atoms with van der Waals surface area (Å²) < 4.78 is 23.2. The lowest BCUT2D eigenvalue weighted by Gasteiger charge is -2.34. The molecule has 2 unspecified atom stereocenters. The average molecular weight is 294 g/mol. The molecule has 0 fully saturated rings. The number of aliphatic hydroxyl groups excluding tert-OH is 1. The van der Waals surface area contributed by atoms with Crippen LogP contribution in [0.2, 0.25) is 0 Å². The van der Waals surface area contributed by atoms with Crippen LogP contribution in [-0.2, 0) is 13.6 Å². The van der Waals surface area contributed by atoms with Crippen LogP contribution in [0.25, 0.3) is 0 Å². The Morgan fingerprint density at radius 2 is 2.00 bits per heavy atom.